The highest BCUT2D eigenvalue weighted by Gasteiger charge is 2.32. The molecule has 0 spiro atoms. The number of rotatable bonds is 20. The van der Waals surface area contributed by atoms with Crippen molar-refractivity contribution in [3.8, 4) is 23.0 Å². The van der Waals surface area contributed by atoms with E-state index in [-0.39, 0.29) is 29.9 Å². The maximum atomic E-state index is 13.6. The third-order valence-electron chi connectivity index (χ3n) is 9.71. The van der Waals surface area contributed by atoms with Crippen molar-refractivity contribution in [3.63, 3.8) is 0 Å². The molecule has 0 amide bonds. The summed E-state index contributed by atoms with van der Waals surface area (Å²) >= 11 is 7.29. The first kappa shape index (κ1) is 43.4. The molecular formula is C45H46N4O9S2. The molecule has 1 fully saturated rings. The molecule has 1 aromatic heterocycles. The average molecular weight is 851 g/mol. The number of carbonyl (C=O) groups excluding carboxylic acids is 4. The van der Waals surface area contributed by atoms with Gasteiger partial charge in [0.1, 0.15) is 23.0 Å². The van der Waals surface area contributed by atoms with E-state index >= 15 is 0 Å². The first-order valence-electron chi connectivity index (χ1n) is 19.7. The Morgan fingerprint density at radius 3 is 2.15 bits per heavy atom. The second-order valence-corrected chi connectivity index (χ2v) is 15.3. The third-order valence-corrected chi connectivity index (χ3v) is 11.0. The second-order valence-electron chi connectivity index (χ2n) is 13.9. The monoisotopic (exact) mass is 850 g/mol. The van der Waals surface area contributed by atoms with E-state index in [0.29, 0.717) is 72.7 Å². The fourth-order valence-corrected chi connectivity index (χ4v) is 7.79. The van der Waals surface area contributed by atoms with E-state index in [1.54, 1.807) is 47.5 Å². The van der Waals surface area contributed by atoms with E-state index in [9.17, 15) is 19.2 Å². The molecule has 0 radical (unpaired) electrons. The van der Waals surface area contributed by atoms with Gasteiger partial charge in [-0.2, -0.15) is 0 Å². The summed E-state index contributed by atoms with van der Waals surface area (Å²) in [5.41, 5.74) is 5.47. The first-order chi connectivity index (χ1) is 29.3. The third kappa shape index (κ3) is 12.7. The Bertz CT molecular complexity index is 2210. The number of hydrogen-bond acceptors (Lipinski definition) is 13. The Morgan fingerprint density at radius 1 is 0.800 bits per heavy atom. The summed E-state index contributed by atoms with van der Waals surface area (Å²) in [4.78, 5) is 53.7. The van der Waals surface area contributed by atoms with Gasteiger partial charge in [-0.1, -0.05) is 48.2 Å². The van der Waals surface area contributed by atoms with Gasteiger partial charge < -0.3 is 29.0 Å². The fraction of sp³-hybridized carbons (Fsp3) is 0.289. The molecule has 2 N–H and O–H groups in total. The van der Waals surface area contributed by atoms with E-state index < -0.39 is 17.9 Å². The number of carbonyl (C=O) groups is 4. The van der Waals surface area contributed by atoms with E-state index in [4.69, 9.17) is 40.9 Å². The Labute approximate surface area is 357 Å². The van der Waals surface area contributed by atoms with Crippen molar-refractivity contribution in [2.75, 3.05) is 23.5 Å². The van der Waals surface area contributed by atoms with Crippen LogP contribution in [0.1, 0.15) is 56.9 Å². The SMILES string of the molecule is C=CC(=O)OCCCCCCOc1ccc(OC(=O)[C@H]2CC[C@H](C(=O)Oc3ccc(OC=O)cc3CNN(C(=S)Nc3ccccc3)c3nc4ccccc4s3)CC2)cc1. The summed E-state index contributed by atoms with van der Waals surface area (Å²) in [6.45, 7) is 4.75. The van der Waals surface area contributed by atoms with Gasteiger partial charge in [0.2, 0.25) is 5.13 Å². The van der Waals surface area contributed by atoms with Crippen molar-refractivity contribution in [1.29, 1.82) is 0 Å². The zero-order valence-corrected chi connectivity index (χ0v) is 34.6. The van der Waals surface area contributed by atoms with Crippen LogP contribution in [0.4, 0.5) is 10.8 Å². The molecule has 4 aromatic carbocycles. The Morgan fingerprint density at radius 2 is 1.45 bits per heavy atom. The maximum absolute atomic E-state index is 13.6. The van der Waals surface area contributed by atoms with Crippen molar-refractivity contribution in [1.82, 2.24) is 10.4 Å². The number of aromatic nitrogens is 1. The largest absolute Gasteiger partial charge is 0.494 e. The van der Waals surface area contributed by atoms with Crippen molar-refractivity contribution in [3.05, 3.63) is 115 Å². The lowest BCUT2D eigenvalue weighted by Gasteiger charge is -2.26. The number of thiocarbonyl (C=S) groups is 1. The molecule has 0 aliphatic heterocycles. The molecule has 0 atom stereocenters. The fourth-order valence-electron chi connectivity index (χ4n) is 6.51. The number of esters is 3. The Kier molecular flexibility index (Phi) is 16.1. The van der Waals surface area contributed by atoms with E-state index in [2.05, 4.69) is 17.3 Å². The van der Waals surface area contributed by atoms with Gasteiger partial charge in [0, 0.05) is 23.9 Å². The number of anilines is 2. The summed E-state index contributed by atoms with van der Waals surface area (Å²) in [5.74, 6) is -0.289. The van der Waals surface area contributed by atoms with Crippen LogP contribution in [0.25, 0.3) is 10.2 Å². The molecule has 0 unspecified atom stereocenters. The van der Waals surface area contributed by atoms with E-state index in [0.717, 1.165) is 47.7 Å². The van der Waals surface area contributed by atoms with Crippen LogP contribution in [-0.2, 0) is 30.5 Å². The van der Waals surface area contributed by atoms with Crippen LogP contribution in [0.15, 0.2) is 110 Å². The van der Waals surface area contributed by atoms with Gasteiger partial charge in [0.05, 0.1) is 35.3 Å². The van der Waals surface area contributed by atoms with Crippen molar-refractivity contribution < 1.29 is 42.9 Å². The van der Waals surface area contributed by atoms with Crippen LogP contribution in [0, 0.1) is 11.8 Å². The van der Waals surface area contributed by atoms with Gasteiger partial charge in [-0.3, -0.25) is 14.4 Å². The minimum Gasteiger partial charge on any atom is -0.494 e. The zero-order chi connectivity index (χ0) is 42.1. The smallest absolute Gasteiger partial charge is 0.330 e. The number of nitrogens with zero attached hydrogens (tertiary/aromatic N) is 2. The normalized spacial score (nSPS) is 14.7. The predicted molar refractivity (Wildman–Crippen MR) is 233 cm³/mol. The topological polar surface area (TPSA) is 155 Å². The van der Waals surface area contributed by atoms with Gasteiger partial charge in [0.15, 0.2) is 5.11 Å². The highest BCUT2D eigenvalue weighted by atomic mass is 32.1. The van der Waals surface area contributed by atoms with Crippen molar-refractivity contribution in [2.24, 2.45) is 11.8 Å². The lowest BCUT2D eigenvalue weighted by atomic mass is 9.82. The second kappa shape index (κ2) is 22.3. The summed E-state index contributed by atoms with van der Waals surface area (Å²) in [7, 11) is 0. The lowest BCUT2D eigenvalue weighted by molar-refractivity contribution is -0.145. The molecule has 1 heterocycles. The Balaban J connectivity index is 1.00. The molecule has 1 aliphatic carbocycles. The number of hydrazine groups is 1. The number of unbranched alkanes of at least 4 members (excludes halogenated alkanes) is 3. The molecule has 0 saturated heterocycles. The number of hydrogen-bond donors (Lipinski definition) is 2. The van der Waals surface area contributed by atoms with Gasteiger partial charge in [0.25, 0.3) is 6.47 Å². The minimum atomic E-state index is -0.422. The van der Waals surface area contributed by atoms with Gasteiger partial charge in [-0.15, -0.1) is 0 Å². The molecular weight excluding hydrogens is 805 g/mol. The number of thiazole rings is 1. The summed E-state index contributed by atoms with van der Waals surface area (Å²) in [5, 5.41) is 5.83. The van der Waals surface area contributed by atoms with Crippen LogP contribution in [0.2, 0.25) is 0 Å². The van der Waals surface area contributed by atoms with Gasteiger partial charge in [-0.25, -0.2) is 20.2 Å². The molecule has 15 heteroatoms. The number of nitrogens with one attached hydrogen (secondary N) is 2. The van der Waals surface area contributed by atoms with E-state index in [1.165, 1.54) is 11.3 Å². The molecule has 13 nitrogen and oxygen atoms in total. The number of fused-ring (bicyclic) bond motifs is 1. The molecule has 6 rings (SSSR count). The van der Waals surface area contributed by atoms with Crippen LogP contribution < -0.4 is 34.7 Å². The number of ether oxygens (including phenoxy) is 5. The molecule has 1 aliphatic rings. The van der Waals surface area contributed by atoms with Crippen LogP contribution in [0.3, 0.4) is 0 Å². The van der Waals surface area contributed by atoms with Gasteiger partial charge in [-0.05, 0) is 130 Å². The van der Waals surface area contributed by atoms with Gasteiger partial charge >= 0.3 is 17.9 Å². The lowest BCUT2D eigenvalue weighted by Crippen LogP contribution is -2.45. The first-order valence-corrected chi connectivity index (χ1v) is 21.0. The molecule has 312 valence electrons. The minimum absolute atomic E-state index is 0.120. The summed E-state index contributed by atoms with van der Waals surface area (Å²) in [6.07, 6.45) is 6.52. The van der Waals surface area contributed by atoms with Crippen molar-refractivity contribution in [2.45, 2.75) is 57.9 Å². The maximum Gasteiger partial charge on any atom is 0.330 e. The molecule has 5 aromatic rings. The van der Waals surface area contributed by atoms with E-state index in [1.807, 2.05) is 54.6 Å². The zero-order valence-electron chi connectivity index (χ0n) is 32.9. The highest BCUT2D eigenvalue weighted by Crippen LogP contribution is 2.34. The Hall–Kier alpha value is -6.16. The number of para-hydroxylation sites is 2. The quantitative estimate of drug-likeness (QED) is 0.0146. The van der Waals surface area contributed by atoms with Crippen LogP contribution >= 0.6 is 23.6 Å². The standard InChI is InChI=1S/C45H46N4O9S2/c1-2-41(51)55-27-11-4-3-10-26-54-35-20-22-36(23-21-35)57-42(52)31-16-18-32(19-17-31)43(53)58-39-25-24-37(56-30-50)28-33(39)29-46-49(44(59)47-34-12-6-5-7-13-34)45-48-38-14-8-9-15-40(38)60-45/h2,5-9,12-15,20-25,28,30-32,46H,1,3-4,10-11,16-19,26-27,29H2,(H,47,59)/t31-,32-. The van der Waals surface area contributed by atoms with Crippen molar-refractivity contribution >= 4 is 74.1 Å². The van der Waals surface area contributed by atoms with Crippen LogP contribution in [0.5, 0.6) is 23.0 Å². The summed E-state index contributed by atoms with van der Waals surface area (Å²) in [6, 6.07) is 29.0. The average Bonchev–Trinajstić information content (AvgIpc) is 3.70. The number of benzene rings is 4. The summed E-state index contributed by atoms with van der Waals surface area (Å²) < 4.78 is 28.6. The highest BCUT2D eigenvalue weighted by molar-refractivity contribution is 7.80. The molecule has 60 heavy (non-hydrogen) atoms. The van der Waals surface area contributed by atoms with Crippen LogP contribution in [-0.4, -0.2) is 47.7 Å². The molecule has 0 bridgehead atoms. The molecule has 1 saturated carbocycles. The predicted octanol–water partition coefficient (Wildman–Crippen LogP) is 8.73.